The first kappa shape index (κ1) is 16.4. The van der Waals surface area contributed by atoms with Crippen LogP contribution in [0.25, 0.3) is 21.9 Å². The molecule has 0 saturated heterocycles. The monoisotopic (exact) mass is 448 g/mol. The molecule has 0 atom stereocenters. The summed E-state index contributed by atoms with van der Waals surface area (Å²) < 4.78 is 37.4. The average molecular weight is 449 g/mol. The first-order valence-corrected chi connectivity index (χ1v) is 11.0. The van der Waals surface area contributed by atoms with Crippen molar-refractivity contribution in [1.82, 2.24) is 18.0 Å². The fourth-order valence-corrected chi connectivity index (χ4v) is 6.14. The van der Waals surface area contributed by atoms with E-state index in [2.05, 4.69) is 29.7 Å². The van der Waals surface area contributed by atoms with Gasteiger partial charge in [-0.2, -0.15) is 13.1 Å². The minimum absolute atomic E-state index is 0.230. The Balaban J connectivity index is 1.61. The summed E-state index contributed by atoms with van der Waals surface area (Å²) in [6, 6.07) is 11.1. The Morgan fingerprint density at radius 2 is 2.00 bits per heavy atom. The van der Waals surface area contributed by atoms with Crippen LogP contribution in [0.2, 0.25) is 0 Å². The maximum Gasteiger partial charge on any atom is 0.245 e. The van der Waals surface area contributed by atoms with Crippen LogP contribution in [0.1, 0.15) is 11.3 Å². The van der Waals surface area contributed by atoms with Gasteiger partial charge in [-0.1, -0.05) is 18.2 Å². The van der Waals surface area contributed by atoms with Gasteiger partial charge in [0.15, 0.2) is 0 Å². The number of aromatic amines is 1. The lowest BCUT2D eigenvalue weighted by molar-refractivity contribution is 0.391. The van der Waals surface area contributed by atoms with E-state index in [4.69, 9.17) is 0 Å². The van der Waals surface area contributed by atoms with E-state index in [-0.39, 0.29) is 4.90 Å². The Hall–Kier alpha value is -1.81. The van der Waals surface area contributed by atoms with E-state index in [0.29, 0.717) is 30.5 Å². The number of para-hydroxylation sites is 1. The number of benzene rings is 2. The highest BCUT2D eigenvalue weighted by Crippen LogP contribution is 2.34. The van der Waals surface area contributed by atoms with Crippen LogP contribution in [0.4, 0.5) is 0 Å². The molecule has 132 valence electrons. The molecular weight excluding hydrogens is 436 g/mol. The summed E-state index contributed by atoms with van der Waals surface area (Å²) in [6.07, 6.45) is 0.654. The first-order chi connectivity index (χ1) is 12.6. The number of hydrogen-bond donors (Lipinski definition) is 1. The molecule has 1 aliphatic heterocycles. The second-order valence-corrected chi connectivity index (χ2v) is 9.51. The van der Waals surface area contributed by atoms with E-state index in [1.807, 2.05) is 18.2 Å². The van der Waals surface area contributed by atoms with Gasteiger partial charge in [-0.15, -0.1) is 0 Å². The number of nitrogens with zero attached hydrogens (tertiary/aromatic N) is 3. The van der Waals surface area contributed by atoms with Gasteiger partial charge in [0.25, 0.3) is 0 Å². The fraction of sp³-hybridized carbons (Fsp3) is 0.176. The minimum atomic E-state index is -3.65. The molecule has 3 heterocycles. The Labute approximate surface area is 162 Å². The number of aromatic nitrogens is 3. The van der Waals surface area contributed by atoms with Crippen molar-refractivity contribution in [2.75, 3.05) is 6.54 Å². The van der Waals surface area contributed by atoms with Crippen molar-refractivity contribution in [3.05, 3.63) is 52.1 Å². The maximum atomic E-state index is 13.3. The molecule has 0 saturated carbocycles. The highest BCUT2D eigenvalue weighted by Gasteiger charge is 2.32. The molecule has 0 fully saturated rings. The Kier molecular flexibility index (Phi) is 3.68. The van der Waals surface area contributed by atoms with Crippen LogP contribution in [-0.2, 0) is 23.0 Å². The zero-order chi connectivity index (χ0) is 17.9. The van der Waals surface area contributed by atoms with E-state index >= 15 is 0 Å². The Morgan fingerprint density at radius 1 is 1.15 bits per heavy atom. The number of H-pyrrole nitrogens is 1. The summed E-state index contributed by atoms with van der Waals surface area (Å²) in [5.74, 6) is 0. The van der Waals surface area contributed by atoms with Gasteiger partial charge in [0, 0.05) is 35.1 Å². The SMILES string of the molecule is O=S(=O)(c1cccc2nsnc12)N1CCc2[nH]c3c(Br)cccc3c2C1. The van der Waals surface area contributed by atoms with Crippen molar-refractivity contribution in [3.8, 4) is 0 Å². The second kappa shape index (κ2) is 5.85. The second-order valence-electron chi connectivity index (χ2n) is 6.22. The zero-order valence-electron chi connectivity index (χ0n) is 13.4. The number of hydrogen-bond acceptors (Lipinski definition) is 5. The van der Waals surface area contributed by atoms with Gasteiger partial charge in [-0.3, -0.25) is 0 Å². The number of rotatable bonds is 2. The minimum Gasteiger partial charge on any atom is -0.357 e. The summed E-state index contributed by atoms with van der Waals surface area (Å²) in [5.41, 5.74) is 4.23. The lowest BCUT2D eigenvalue weighted by Gasteiger charge is -2.26. The average Bonchev–Trinajstić information content (AvgIpc) is 3.26. The predicted octanol–water partition coefficient (Wildman–Crippen LogP) is 3.68. The van der Waals surface area contributed by atoms with E-state index in [1.54, 1.807) is 18.2 Å². The number of sulfonamides is 1. The van der Waals surface area contributed by atoms with Crippen LogP contribution in [0.5, 0.6) is 0 Å². The lowest BCUT2D eigenvalue weighted by atomic mass is 10.1. The third-order valence-electron chi connectivity index (χ3n) is 4.79. The van der Waals surface area contributed by atoms with Gasteiger partial charge >= 0.3 is 0 Å². The zero-order valence-corrected chi connectivity index (χ0v) is 16.7. The van der Waals surface area contributed by atoms with Crippen LogP contribution in [-0.4, -0.2) is 33.0 Å². The largest absolute Gasteiger partial charge is 0.357 e. The number of halogens is 1. The topological polar surface area (TPSA) is 79.0 Å². The molecule has 0 spiro atoms. The maximum absolute atomic E-state index is 13.3. The van der Waals surface area contributed by atoms with E-state index in [0.717, 1.165) is 38.4 Å². The molecular formula is C17H13BrN4O2S2. The molecule has 1 aliphatic rings. The van der Waals surface area contributed by atoms with Gasteiger partial charge in [-0.25, -0.2) is 8.42 Å². The van der Waals surface area contributed by atoms with Gasteiger partial charge in [0.05, 0.1) is 17.2 Å². The van der Waals surface area contributed by atoms with Crippen molar-refractivity contribution in [2.45, 2.75) is 17.9 Å². The summed E-state index contributed by atoms with van der Waals surface area (Å²) in [6.45, 7) is 0.788. The van der Waals surface area contributed by atoms with Crippen molar-refractivity contribution in [3.63, 3.8) is 0 Å². The molecule has 2 aromatic heterocycles. The Bertz CT molecular complexity index is 1260. The molecule has 2 aromatic carbocycles. The standard InChI is InChI=1S/C17H13BrN4O2S2/c18-12-4-1-3-10-11-9-22(8-7-13(11)19-16(10)12)26(23,24)15-6-2-5-14-17(15)21-25-20-14/h1-6,19H,7-9H2. The predicted molar refractivity (Wildman–Crippen MR) is 105 cm³/mol. The fourth-order valence-electron chi connectivity index (χ4n) is 3.51. The van der Waals surface area contributed by atoms with Gasteiger partial charge in [0.1, 0.15) is 15.9 Å². The molecule has 26 heavy (non-hydrogen) atoms. The molecule has 0 aliphatic carbocycles. The van der Waals surface area contributed by atoms with Crippen LogP contribution < -0.4 is 0 Å². The van der Waals surface area contributed by atoms with Crippen molar-refractivity contribution in [1.29, 1.82) is 0 Å². The highest BCUT2D eigenvalue weighted by atomic mass is 79.9. The van der Waals surface area contributed by atoms with Crippen LogP contribution in [0.3, 0.4) is 0 Å². The molecule has 4 aromatic rings. The number of fused-ring (bicyclic) bond motifs is 4. The molecule has 9 heteroatoms. The van der Waals surface area contributed by atoms with Crippen LogP contribution in [0.15, 0.2) is 45.8 Å². The van der Waals surface area contributed by atoms with E-state index < -0.39 is 10.0 Å². The van der Waals surface area contributed by atoms with Crippen molar-refractivity contribution >= 4 is 59.6 Å². The van der Waals surface area contributed by atoms with Gasteiger partial charge in [0.2, 0.25) is 10.0 Å². The van der Waals surface area contributed by atoms with Gasteiger partial charge < -0.3 is 4.98 Å². The molecule has 0 bridgehead atoms. The summed E-state index contributed by atoms with van der Waals surface area (Å²) in [7, 11) is -3.65. The molecule has 6 nitrogen and oxygen atoms in total. The summed E-state index contributed by atoms with van der Waals surface area (Å²) >= 11 is 4.59. The quantitative estimate of drug-likeness (QED) is 0.507. The molecule has 0 unspecified atom stereocenters. The molecule has 1 N–H and O–H groups in total. The van der Waals surface area contributed by atoms with Crippen LogP contribution in [0, 0.1) is 0 Å². The summed E-state index contributed by atoms with van der Waals surface area (Å²) in [5, 5.41) is 1.06. The van der Waals surface area contributed by atoms with Crippen molar-refractivity contribution < 1.29 is 8.42 Å². The molecule has 0 amide bonds. The van der Waals surface area contributed by atoms with Gasteiger partial charge in [-0.05, 0) is 39.7 Å². The van der Waals surface area contributed by atoms with Crippen LogP contribution >= 0.6 is 27.7 Å². The highest BCUT2D eigenvalue weighted by molar-refractivity contribution is 9.10. The third-order valence-corrected chi connectivity index (χ3v) is 7.87. The third kappa shape index (κ3) is 2.34. The first-order valence-electron chi connectivity index (χ1n) is 8.05. The van der Waals surface area contributed by atoms with E-state index in [9.17, 15) is 8.42 Å². The normalized spacial score (nSPS) is 15.6. The number of nitrogens with one attached hydrogen (secondary N) is 1. The molecule has 0 radical (unpaired) electrons. The molecule has 5 rings (SSSR count). The summed E-state index contributed by atoms with van der Waals surface area (Å²) in [4.78, 5) is 3.66. The van der Waals surface area contributed by atoms with Crippen molar-refractivity contribution in [2.24, 2.45) is 0 Å². The van der Waals surface area contributed by atoms with E-state index in [1.165, 1.54) is 4.31 Å². The smallest absolute Gasteiger partial charge is 0.245 e. The Morgan fingerprint density at radius 3 is 2.88 bits per heavy atom. The lowest BCUT2D eigenvalue weighted by Crippen LogP contribution is -2.35.